The zero-order valence-electron chi connectivity index (χ0n) is 12.8. The maximum Gasteiger partial charge on any atom is 0.185 e. The molecule has 8 bridgehead atoms. The van der Waals surface area contributed by atoms with Crippen LogP contribution in [0.4, 0.5) is 0 Å². The molecule has 3 aromatic heterocycles. The second-order valence-corrected chi connectivity index (χ2v) is 7.60. The van der Waals surface area contributed by atoms with E-state index >= 15 is 0 Å². The van der Waals surface area contributed by atoms with Gasteiger partial charge in [-0.15, -0.1) is 0 Å². The Morgan fingerprint density at radius 1 is 0.667 bits per heavy atom. The first kappa shape index (κ1) is 13.4. The van der Waals surface area contributed by atoms with Gasteiger partial charge in [-0.3, -0.25) is 4.64 Å². The standard InChI is InChI=1S/C19H14N4Si/c1-2-15-10-16-5-6-19(22-16)12-24-8-7-18(23-24)11-17-4-3-14(21-17)9-13(1)20-15/h1-12,21-22H. The molecular weight excluding hydrogens is 312 g/mol. The molecule has 0 atom stereocenters. The highest BCUT2D eigenvalue weighted by Crippen LogP contribution is 2.15. The predicted molar refractivity (Wildman–Crippen MR) is 101 cm³/mol. The topological polar surface area (TPSA) is 57.4 Å². The maximum atomic E-state index is 4.82. The average Bonchev–Trinajstić information content (AvgIpc) is 3.32. The van der Waals surface area contributed by atoms with E-state index in [1.165, 1.54) is 0 Å². The molecule has 24 heavy (non-hydrogen) atoms. The lowest BCUT2D eigenvalue weighted by atomic mass is 10.3. The second kappa shape index (κ2) is 5.25. The van der Waals surface area contributed by atoms with Gasteiger partial charge < -0.3 is 9.97 Å². The van der Waals surface area contributed by atoms with Gasteiger partial charge in [0, 0.05) is 22.1 Å². The molecule has 0 amide bonds. The molecule has 2 aliphatic heterocycles. The van der Waals surface area contributed by atoms with Crippen LogP contribution in [0.15, 0.2) is 48.1 Å². The molecule has 2 N–H and O–H groups in total. The van der Waals surface area contributed by atoms with E-state index in [4.69, 9.17) is 4.64 Å². The summed E-state index contributed by atoms with van der Waals surface area (Å²) in [4.78, 5) is 11.5. The Morgan fingerprint density at radius 2 is 1.25 bits per heavy atom. The van der Waals surface area contributed by atoms with Gasteiger partial charge in [0.2, 0.25) is 0 Å². The highest BCUT2D eigenvalue weighted by Gasteiger charge is 2.01. The summed E-state index contributed by atoms with van der Waals surface area (Å²) in [6.45, 7) is 0. The van der Waals surface area contributed by atoms with Crippen molar-refractivity contribution in [1.29, 1.82) is 0 Å². The summed E-state index contributed by atoms with van der Waals surface area (Å²) in [5.41, 5.74) is 11.6. The highest BCUT2D eigenvalue weighted by atomic mass is 28.2. The summed E-state index contributed by atoms with van der Waals surface area (Å²) < 4.78 is 4.82. The quantitative estimate of drug-likeness (QED) is 0.420. The van der Waals surface area contributed by atoms with E-state index in [1.54, 1.807) is 0 Å². The maximum absolute atomic E-state index is 4.82. The minimum atomic E-state index is -0.992. The molecule has 0 aromatic carbocycles. The van der Waals surface area contributed by atoms with E-state index < -0.39 is 8.57 Å². The van der Waals surface area contributed by atoms with Crippen LogP contribution in [0, 0.1) is 0 Å². The fourth-order valence-corrected chi connectivity index (χ4v) is 4.44. The van der Waals surface area contributed by atoms with Crippen molar-refractivity contribution < 1.29 is 0 Å². The number of rotatable bonds is 0. The molecule has 0 spiro atoms. The summed E-state index contributed by atoms with van der Waals surface area (Å²) >= 11 is 0. The Balaban J connectivity index is 1.85. The Bertz CT molecular complexity index is 990. The number of H-pyrrole nitrogens is 2. The summed E-state index contributed by atoms with van der Waals surface area (Å²) in [7, 11) is -0.992. The van der Waals surface area contributed by atoms with Crippen LogP contribution in [-0.4, -0.2) is 28.2 Å². The number of hydrogen-bond acceptors (Lipinski definition) is 2. The molecule has 3 aromatic rings. The van der Waals surface area contributed by atoms with Gasteiger partial charge in [0.1, 0.15) is 0 Å². The monoisotopic (exact) mass is 326 g/mol. The number of nitrogens with zero attached hydrogens (tertiary/aromatic N) is 2. The normalized spacial score (nSPS) is 12.7. The van der Waals surface area contributed by atoms with Crippen LogP contribution in [0.25, 0.3) is 46.0 Å². The van der Waals surface area contributed by atoms with E-state index in [2.05, 4.69) is 74.9 Å². The second-order valence-electron chi connectivity index (χ2n) is 5.91. The zero-order valence-corrected chi connectivity index (χ0v) is 13.8. The summed E-state index contributed by atoms with van der Waals surface area (Å²) in [5, 5.41) is 0. The van der Waals surface area contributed by atoms with Crippen molar-refractivity contribution in [3.63, 3.8) is 0 Å². The fourth-order valence-electron chi connectivity index (χ4n) is 2.94. The molecule has 5 heteroatoms. The number of aromatic nitrogens is 4. The number of aromatic amines is 2. The molecule has 0 saturated carbocycles. The van der Waals surface area contributed by atoms with Gasteiger partial charge in [-0.2, -0.15) is 0 Å². The first-order valence-electron chi connectivity index (χ1n) is 7.85. The van der Waals surface area contributed by atoms with Crippen LogP contribution in [-0.2, 0) is 0 Å². The molecule has 0 saturated heterocycles. The fraction of sp³-hybridized carbons (Fsp3) is 0. The van der Waals surface area contributed by atoms with Crippen molar-refractivity contribution in [3.8, 4) is 0 Å². The Kier molecular flexibility index (Phi) is 2.93. The molecule has 2 aliphatic rings. The van der Waals surface area contributed by atoms with Gasteiger partial charge in [0.15, 0.2) is 8.57 Å². The lowest BCUT2D eigenvalue weighted by Crippen LogP contribution is -1.88. The van der Waals surface area contributed by atoms with E-state index in [1.807, 2.05) is 12.2 Å². The van der Waals surface area contributed by atoms with E-state index in [9.17, 15) is 0 Å². The van der Waals surface area contributed by atoms with E-state index in [-0.39, 0.29) is 0 Å². The van der Waals surface area contributed by atoms with Crippen molar-refractivity contribution in [3.05, 3.63) is 65.2 Å². The molecule has 0 radical (unpaired) electrons. The third-order valence-electron chi connectivity index (χ3n) is 4.04. The summed E-state index contributed by atoms with van der Waals surface area (Å²) in [5.74, 6) is 0. The van der Waals surface area contributed by atoms with Crippen LogP contribution in [0.3, 0.4) is 0 Å². The van der Waals surface area contributed by atoms with Gasteiger partial charge in [0.05, 0.1) is 17.1 Å². The molecule has 5 heterocycles. The minimum absolute atomic E-state index is 0.948. The van der Waals surface area contributed by atoms with Crippen LogP contribution in [0.1, 0.15) is 17.1 Å². The first-order valence-corrected chi connectivity index (χ1v) is 9.45. The third kappa shape index (κ3) is 2.55. The van der Waals surface area contributed by atoms with Gasteiger partial charge in [-0.25, -0.2) is 4.98 Å². The molecular formula is C19H14N4Si. The molecule has 114 valence electrons. The Hall–Kier alpha value is -3.05. The van der Waals surface area contributed by atoms with Gasteiger partial charge in [-0.05, 0) is 66.4 Å². The molecule has 0 unspecified atom stereocenters. The number of fused-ring (bicyclic) bond motifs is 8. The number of nitrogens with one attached hydrogen (secondary N) is 2. The lowest BCUT2D eigenvalue weighted by molar-refractivity contribution is 1.32. The van der Waals surface area contributed by atoms with Crippen molar-refractivity contribution in [1.82, 2.24) is 19.6 Å². The Labute approximate surface area is 139 Å². The molecule has 4 nitrogen and oxygen atoms in total. The zero-order chi connectivity index (χ0) is 15.9. The van der Waals surface area contributed by atoms with E-state index in [0.29, 0.717) is 0 Å². The SMILES string of the molecule is C1=Cc2cc3ccc(c[si]4nc(cc5ccc(cc1n2)[nH]5)C=C4)[nH]3. The Morgan fingerprint density at radius 3 is 1.96 bits per heavy atom. The van der Waals surface area contributed by atoms with Crippen LogP contribution < -0.4 is 0 Å². The van der Waals surface area contributed by atoms with Crippen molar-refractivity contribution >= 4 is 54.6 Å². The lowest BCUT2D eigenvalue weighted by Gasteiger charge is -1.85. The molecule has 5 rings (SSSR count). The molecule has 0 fully saturated rings. The van der Waals surface area contributed by atoms with Gasteiger partial charge >= 0.3 is 0 Å². The van der Waals surface area contributed by atoms with Crippen molar-refractivity contribution in [2.45, 2.75) is 0 Å². The largest absolute Gasteiger partial charge is 0.356 e. The van der Waals surface area contributed by atoms with Gasteiger partial charge in [0.25, 0.3) is 0 Å². The van der Waals surface area contributed by atoms with Gasteiger partial charge in [-0.1, -0.05) is 5.70 Å². The summed E-state index contributed by atoms with van der Waals surface area (Å²) in [6, 6.07) is 14.5. The molecule has 0 aliphatic carbocycles. The van der Waals surface area contributed by atoms with E-state index in [0.717, 1.165) is 39.1 Å². The van der Waals surface area contributed by atoms with Crippen molar-refractivity contribution in [2.24, 2.45) is 0 Å². The smallest absolute Gasteiger partial charge is 0.185 e. The first-order chi connectivity index (χ1) is 11.8. The van der Waals surface area contributed by atoms with Crippen LogP contribution in [0.2, 0.25) is 0 Å². The van der Waals surface area contributed by atoms with Crippen LogP contribution in [0.5, 0.6) is 0 Å². The minimum Gasteiger partial charge on any atom is -0.356 e. The third-order valence-corrected chi connectivity index (χ3v) is 5.67. The predicted octanol–water partition coefficient (Wildman–Crippen LogP) is 4.14. The highest BCUT2D eigenvalue weighted by molar-refractivity contribution is 6.64. The number of hydrogen-bond donors (Lipinski definition) is 2. The van der Waals surface area contributed by atoms with Crippen molar-refractivity contribution in [2.75, 3.05) is 0 Å². The summed E-state index contributed by atoms with van der Waals surface area (Å²) in [6.07, 6.45) is 6.17. The van der Waals surface area contributed by atoms with Crippen LogP contribution >= 0.6 is 0 Å². The average molecular weight is 326 g/mol.